The molecule has 1 unspecified atom stereocenters. The number of halogens is 1. The van der Waals surface area contributed by atoms with E-state index in [1.54, 1.807) is 25.6 Å². The molecule has 1 atom stereocenters. The van der Waals surface area contributed by atoms with E-state index in [1.165, 1.54) is 0 Å². The van der Waals surface area contributed by atoms with Crippen molar-refractivity contribution in [3.63, 3.8) is 0 Å². The Morgan fingerprint density at radius 2 is 2.00 bits per heavy atom. The van der Waals surface area contributed by atoms with Crippen LogP contribution in [0.25, 0.3) is 0 Å². The van der Waals surface area contributed by atoms with Crippen LogP contribution in [-0.4, -0.2) is 21.3 Å². The van der Waals surface area contributed by atoms with Crippen LogP contribution in [0.15, 0.2) is 23.6 Å². The van der Waals surface area contributed by atoms with Gasteiger partial charge in [0.25, 0.3) is 0 Å². The molecule has 1 heterocycles. The zero-order valence-electron chi connectivity index (χ0n) is 12.0. The van der Waals surface area contributed by atoms with Crippen molar-refractivity contribution < 1.29 is 9.47 Å². The molecule has 1 aromatic carbocycles. The SMILES string of the molecule is CNC(c1ccc(OC)cc1OC)c1scc(C)c1Cl. The molecule has 1 aromatic heterocycles. The van der Waals surface area contributed by atoms with E-state index < -0.39 is 0 Å². The van der Waals surface area contributed by atoms with Crippen molar-refractivity contribution in [2.24, 2.45) is 0 Å². The van der Waals surface area contributed by atoms with Gasteiger partial charge in [0, 0.05) is 16.5 Å². The maximum atomic E-state index is 6.39. The molecule has 0 saturated carbocycles. The highest BCUT2D eigenvalue weighted by molar-refractivity contribution is 7.10. The Bertz CT molecular complexity index is 598. The van der Waals surface area contributed by atoms with E-state index in [0.29, 0.717) is 0 Å². The molecule has 0 amide bonds. The standard InChI is InChI=1S/C15H18ClNO2S/c1-9-8-20-15(13(9)16)14(17-2)11-6-5-10(18-3)7-12(11)19-4/h5-8,14,17H,1-4H3. The van der Waals surface area contributed by atoms with Gasteiger partial charge in [0.2, 0.25) is 0 Å². The summed E-state index contributed by atoms with van der Waals surface area (Å²) < 4.78 is 10.7. The van der Waals surface area contributed by atoms with E-state index >= 15 is 0 Å². The molecule has 0 radical (unpaired) electrons. The van der Waals surface area contributed by atoms with Crippen LogP contribution < -0.4 is 14.8 Å². The molecule has 20 heavy (non-hydrogen) atoms. The first-order valence-corrected chi connectivity index (χ1v) is 7.50. The summed E-state index contributed by atoms with van der Waals surface area (Å²) in [6, 6.07) is 5.82. The summed E-state index contributed by atoms with van der Waals surface area (Å²) in [5, 5.41) is 6.19. The van der Waals surface area contributed by atoms with Crippen molar-refractivity contribution in [2.75, 3.05) is 21.3 Å². The average Bonchev–Trinajstić information content (AvgIpc) is 2.80. The summed E-state index contributed by atoms with van der Waals surface area (Å²) >= 11 is 8.04. The second-order valence-electron chi connectivity index (χ2n) is 4.43. The first kappa shape index (κ1) is 15.2. The smallest absolute Gasteiger partial charge is 0.127 e. The first-order valence-electron chi connectivity index (χ1n) is 6.25. The molecular weight excluding hydrogens is 294 g/mol. The first-order chi connectivity index (χ1) is 9.62. The number of hydrogen-bond acceptors (Lipinski definition) is 4. The summed E-state index contributed by atoms with van der Waals surface area (Å²) in [5.41, 5.74) is 2.14. The van der Waals surface area contributed by atoms with Gasteiger partial charge >= 0.3 is 0 Å². The van der Waals surface area contributed by atoms with Gasteiger partial charge in [0.15, 0.2) is 0 Å². The van der Waals surface area contributed by atoms with Crippen molar-refractivity contribution in [1.29, 1.82) is 0 Å². The Hall–Kier alpha value is -1.23. The molecular formula is C15H18ClNO2S. The third-order valence-corrected chi connectivity index (χ3v) is 5.01. The molecule has 0 saturated heterocycles. The van der Waals surface area contributed by atoms with E-state index in [2.05, 4.69) is 10.7 Å². The Morgan fingerprint density at radius 1 is 1.25 bits per heavy atom. The number of ether oxygens (including phenoxy) is 2. The van der Waals surface area contributed by atoms with Crippen LogP contribution in [0.5, 0.6) is 11.5 Å². The molecule has 0 aliphatic carbocycles. The van der Waals surface area contributed by atoms with Crippen LogP contribution in [0.1, 0.15) is 22.0 Å². The van der Waals surface area contributed by atoms with Gasteiger partial charge in [-0.1, -0.05) is 11.6 Å². The predicted molar refractivity (Wildman–Crippen MR) is 84.5 cm³/mol. The Labute approximate surface area is 128 Å². The maximum Gasteiger partial charge on any atom is 0.127 e. The van der Waals surface area contributed by atoms with Crippen molar-refractivity contribution in [1.82, 2.24) is 5.32 Å². The van der Waals surface area contributed by atoms with Crippen LogP contribution in [0, 0.1) is 6.92 Å². The summed E-state index contributed by atoms with van der Waals surface area (Å²) in [6.07, 6.45) is 0. The highest BCUT2D eigenvalue weighted by Crippen LogP contribution is 2.39. The maximum absolute atomic E-state index is 6.39. The van der Waals surface area contributed by atoms with Crippen LogP contribution in [0.4, 0.5) is 0 Å². The lowest BCUT2D eigenvalue weighted by molar-refractivity contribution is 0.388. The number of hydrogen-bond donors (Lipinski definition) is 1. The molecule has 2 rings (SSSR count). The fraction of sp³-hybridized carbons (Fsp3) is 0.333. The Morgan fingerprint density at radius 3 is 2.50 bits per heavy atom. The van der Waals surface area contributed by atoms with Gasteiger partial charge in [0.05, 0.1) is 25.3 Å². The number of methoxy groups -OCH3 is 2. The summed E-state index contributed by atoms with van der Waals surface area (Å²) in [7, 11) is 5.22. The van der Waals surface area contributed by atoms with Crippen LogP contribution in [0.2, 0.25) is 5.02 Å². The van der Waals surface area contributed by atoms with E-state index in [0.717, 1.165) is 32.5 Å². The second-order valence-corrected chi connectivity index (χ2v) is 5.72. The van der Waals surface area contributed by atoms with Gasteiger partial charge in [-0.25, -0.2) is 0 Å². The number of nitrogens with one attached hydrogen (secondary N) is 1. The van der Waals surface area contributed by atoms with Gasteiger partial charge in [-0.3, -0.25) is 0 Å². The van der Waals surface area contributed by atoms with E-state index in [1.807, 2.05) is 32.2 Å². The minimum Gasteiger partial charge on any atom is -0.497 e. The molecule has 0 bridgehead atoms. The number of rotatable bonds is 5. The minimum atomic E-state index is 0.00190. The molecule has 2 aromatic rings. The van der Waals surface area contributed by atoms with Gasteiger partial charge < -0.3 is 14.8 Å². The summed E-state index contributed by atoms with van der Waals surface area (Å²) in [4.78, 5) is 1.09. The molecule has 0 fully saturated rings. The van der Waals surface area contributed by atoms with Gasteiger partial charge in [-0.15, -0.1) is 11.3 Å². The fourth-order valence-electron chi connectivity index (χ4n) is 2.13. The third kappa shape index (κ3) is 2.77. The van der Waals surface area contributed by atoms with E-state index in [4.69, 9.17) is 21.1 Å². The summed E-state index contributed by atoms with van der Waals surface area (Å²) in [6.45, 7) is 2.01. The van der Waals surface area contributed by atoms with Crippen molar-refractivity contribution >= 4 is 22.9 Å². The quantitative estimate of drug-likeness (QED) is 0.904. The van der Waals surface area contributed by atoms with Crippen molar-refractivity contribution in [3.8, 4) is 11.5 Å². The topological polar surface area (TPSA) is 30.5 Å². The summed E-state index contributed by atoms with van der Waals surface area (Å²) in [5.74, 6) is 1.56. The average molecular weight is 312 g/mol. The van der Waals surface area contributed by atoms with Gasteiger partial charge in [-0.05, 0) is 37.0 Å². The second kappa shape index (κ2) is 6.48. The number of aryl methyl sites for hydroxylation is 1. The van der Waals surface area contributed by atoms with E-state index in [9.17, 15) is 0 Å². The predicted octanol–water partition coefficient (Wildman–Crippen LogP) is 4.04. The number of benzene rings is 1. The lowest BCUT2D eigenvalue weighted by atomic mass is 10.0. The lowest BCUT2D eigenvalue weighted by Gasteiger charge is -2.19. The zero-order chi connectivity index (χ0) is 14.7. The monoisotopic (exact) mass is 311 g/mol. The third-order valence-electron chi connectivity index (χ3n) is 3.23. The fourth-order valence-corrected chi connectivity index (χ4v) is 3.56. The van der Waals surface area contributed by atoms with Gasteiger partial charge in [0.1, 0.15) is 11.5 Å². The minimum absolute atomic E-state index is 0.00190. The molecule has 0 aliphatic rings. The normalized spacial score (nSPS) is 12.2. The Kier molecular flexibility index (Phi) is 4.91. The molecule has 108 valence electrons. The number of thiophene rings is 1. The molecule has 0 spiro atoms. The largest absolute Gasteiger partial charge is 0.497 e. The Balaban J connectivity index is 2.49. The highest BCUT2D eigenvalue weighted by atomic mass is 35.5. The van der Waals surface area contributed by atoms with Crippen LogP contribution in [0.3, 0.4) is 0 Å². The van der Waals surface area contributed by atoms with Crippen molar-refractivity contribution in [2.45, 2.75) is 13.0 Å². The molecule has 0 aliphatic heterocycles. The molecule has 5 heteroatoms. The van der Waals surface area contributed by atoms with E-state index in [-0.39, 0.29) is 6.04 Å². The molecule has 3 nitrogen and oxygen atoms in total. The van der Waals surface area contributed by atoms with Crippen molar-refractivity contribution in [3.05, 3.63) is 44.6 Å². The lowest BCUT2D eigenvalue weighted by Crippen LogP contribution is -2.17. The van der Waals surface area contributed by atoms with Gasteiger partial charge in [-0.2, -0.15) is 0 Å². The highest BCUT2D eigenvalue weighted by Gasteiger charge is 2.22. The van der Waals surface area contributed by atoms with Crippen LogP contribution >= 0.6 is 22.9 Å². The molecule has 1 N–H and O–H groups in total. The zero-order valence-corrected chi connectivity index (χ0v) is 13.6. The van der Waals surface area contributed by atoms with Crippen LogP contribution in [-0.2, 0) is 0 Å².